The lowest BCUT2D eigenvalue weighted by atomic mass is 9.91. The third-order valence-electron chi connectivity index (χ3n) is 4.22. The van der Waals surface area contributed by atoms with Crippen molar-refractivity contribution in [3.05, 3.63) is 34.4 Å². The van der Waals surface area contributed by atoms with Crippen LogP contribution in [-0.2, 0) is 12.8 Å². The molecule has 1 aromatic carbocycles. The minimum atomic E-state index is -4.39. The zero-order chi connectivity index (χ0) is 21.5. The van der Waals surface area contributed by atoms with Crippen LogP contribution in [0.25, 0.3) is 0 Å². The molecule has 162 valence electrons. The van der Waals surface area contributed by atoms with Crippen molar-refractivity contribution in [2.45, 2.75) is 76.6 Å². The van der Waals surface area contributed by atoms with Gasteiger partial charge in [0.15, 0.2) is 0 Å². The minimum Gasteiger partial charge on any atom is -0.205 e. The Morgan fingerprint density at radius 2 is 0.893 bits per heavy atom. The van der Waals surface area contributed by atoms with Crippen LogP contribution >= 0.6 is 0 Å². The van der Waals surface area contributed by atoms with Crippen molar-refractivity contribution in [3.63, 3.8) is 0 Å². The monoisotopic (exact) mass is 426 g/mol. The molecule has 0 aliphatic heterocycles. The fourth-order valence-corrected chi connectivity index (χ4v) is 2.96. The molecule has 0 heterocycles. The van der Waals surface area contributed by atoms with E-state index in [0.717, 1.165) is 12.1 Å². The highest BCUT2D eigenvalue weighted by molar-refractivity contribution is 5.43. The molecule has 0 saturated carbocycles. The molecule has 0 spiro atoms. The molecule has 10 heteroatoms. The molecule has 0 bridgehead atoms. The van der Waals surface area contributed by atoms with Crippen LogP contribution in [0.5, 0.6) is 0 Å². The van der Waals surface area contributed by atoms with Gasteiger partial charge in [0.1, 0.15) is 0 Å². The Morgan fingerprint density at radius 1 is 0.571 bits per heavy atom. The highest BCUT2D eigenvalue weighted by Gasteiger charge is 2.29. The van der Waals surface area contributed by atoms with Crippen LogP contribution in [0.15, 0.2) is 12.1 Å². The van der Waals surface area contributed by atoms with Gasteiger partial charge in [0, 0.05) is 24.0 Å². The van der Waals surface area contributed by atoms with Crippen LogP contribution in [-0.4, -0.2) is 12.4 Å². The number of unbranched alkanes of at least 4 members (excludes halogenated alkanes) is 2. The van der Waals surface area contributed by atoms with E-state index in [0.29, 0.717) is 0 Å². The van der Waals surface area contributed by atoms with Gasteiger partial charge in [0.25, 0.3) is 12.9 Å². The maximum Gasteiger partial charge on any atom is 0.389 e. The normalized spacial score (nSPS) is 13.0. The van der Waals surface area contributed by atoms with Crippen molar-refractivity contribution in [2.75, 3.05) is 0 Å². The number of aryl methyl sites for hydroxylation is 2. The molecule has 0 atom stereocenters. The summed E-state index contributed by atoms with van der Waals surface area (Å²) in [5, 5.41) is 0. The molecule has 0 amide bonds. The van der Waals surface area contributed by atoms with Gasteiger partial charge in [-0.3, -0.25) is 0 Å². The molecule has 1 aromatic rings. The molecule has 0 aromatic heterocycles. The van der Waals surface area contributed by atoms with Crippen LogP contribution in [0.1, 0.15) is 73.6 Å². The second-order valence-corrected chi connectivity index (χ2v) is 6.46. The first-order valence-electron chi connectivity index (χ1n) is 8.66. The van der Waals surface area contributed by atoms with Crippen molar-refractivity contribution in [1.29, 1.82) is 0 Å². The van der Waals surface area contributed by atoms with Gasteiger partial charge >= 0.3 is 12.4 Å². The molecule has 0 saturated heterocycles. The van der Waals surface area contributed by atoms with Crippen molar-refractivity contribution in [3.8, 4) is 0 Å². The maximum atomic E-state index is 13.4. The fraction of sp³-hybridized carbons (Fsp3) is 0.667. The smallest absolute Gasteiger partial charge is 0.205 e. The van der Waals surface area contributed by atoms with Crippen molar-refractivity contribution < 1.29 is 43.9 Å². The molecule has 0 aliphatic rings. The van der Waals surface area contributed by atoms with Gasteiger partial charge in [-0.1, -0.05) is 12.1 Å². The lowest BCUT2D eigenvalue weighted by molar-refractivity contribution is -0.136. The largest absolute Gasteiger partial charge is 0.389 e. The van der Waals surface area contributed by atoms with Gasteiger partial charge in [-0.2, -0.15) is 26.3 Å². The van der Waals surface area contributed by atoms with Crippen molar-refractivity contribution >= 4 is 0 Å². The van der Waals surface area contributed by atoms with Crippen molar-refractivity contribution in [1.82, 2.24) is 0 Å². The zero-order valence-corrected chi connectivity index (χ0v) is 14.7. The Bertz CT molecular complexity index is 549. The Hall–Kier alpha value is -1.48. The summed E-state index contributed by atoms with van der Waals surface area (Å²) in [6.07, 6.45) is -18.8. The SMILES string of the molecule is FC(F)c1c(CCCCC(F)(F)F)ccc(CCCCC(F)(F)F)c1C(F)F. The third-order valence-corrected chi connectivity index (χ3v) is 4.22. The molecule has 0 aliphatic carbocycles. The first-order chi connectivity index (χ1) is 12.8. The Balaban J connectivity index is 2.93. The van der Waals surface area contributed by atoms with Crippen LogP contribution in [0, 0.1) is 0 Å². The topological polar surface area (TPSA) is 0 Å². The summed E-state index contributed by atoms with van der Waals surface area (Å²) < 4.78 is 126. The number of hydrogen-bond acceptors (Lipinski definition) is 0. The molecular formula is C18H20F10. The van der Waals surface area contributed by atoms with E-state index >= 15 is 0 Å². The molecule has 0 unspecified atom stereocenters. The molecule has 0 N–H and O–H groups in total. The summed E-state index contributed by atoms with van der Waals surface area (Å²) in [6, 6.07) is 2.31. The molecular weight excluding hydrogens is 406 g/mol. The van der Waals surface area contributed by atoms with Crippen LogP contribution in [0.2, 0.25) is 0 Å². The quantitative estimate of drug-likeness (QED) is 0.262. The van der Waals surface area contributed by atoms with Gasteiger partial charge in [-0.15, -0.1) is 0 Å². The molecule has 28 heavy (non-hydrogen) atoms. The summed E-state index contributed by atoms with van der Waals surface area (Å²) in [5.74, 6) is 0. The van der Waals surface area contributed by atoms with Gasteiger partial charge in [-0.25, -0.2) is 17.6 Å². The standard InChI is InChI=1S/C18H20F10/c19-15(20)13-11(5-1-3-9-17(23,24)25)7-8-12(14(13)16(21)22)6-2-4-10-18(26,27)28/h7-8,15-16H,1-6,9-10H2. The summed E-state index contributed by atoms with van der Waals surface area (Å²) in [4.78, 5) is 0. The lowest BCUT2D eigenvalue weighted by Gasteiger charge is -2.18. The number of rotatable bonds is 10. The van der Waals surface area contributed by atoms with E-state index in [1.165, 1.54) is 0 Å². The Morgan fingerprint density at radius 3 is 1.14 bits per heavy atom. The number of hydrogen-bond donors (Lipinski definition) is 0. The highest BCUT2D eigenvalue weighted by atomic mass is 19.4. The van der Waals surface area contributed by atoms with Gasteiger partial charge < -0.3 is 0 Å². The predicted molar refractivity (Wildman–Crippen MR) is 83.6 cm³/mol. The first-order valence-corrected chi connectivity index (χ1v) is 8.66. The summed E-state index contributed by atoms with van der Waals surface area (Å²) >= 11 is 0. The Labute approximate surface area is 155 Å². The van der Waals surface area contributed by atoms with Crippen molar-refractivity contribution in [2.24, 2.45) is 0 Å². The average molecular weight is 426 g/mol. The first kappa shape index (κ1) is 24.6. The number of alkyl halides is 10. The third kappa shape index (κ3) is 8.68. The summed E-state index contributed by atoms with van der Waals surface area (Å²) in [7, 11) is 0. The lowest BCUT2D eigenvalue weighted by Crippen LogP contribution is -2.09. The number of benzene rings is 1. The minimum absolute atomic E-state index is 0.104. The fourth-order valence-electron chi connectivity index (χ4n) is 2.96. The predicted octanol–water partition coefficient (Wildman–Crippen LogP) is 8.11. The second kappa shape index (κ2) is 10.3. The zero-order valence-electron chi connectivity index (χ0n) is 14.7. The van der Waals surface area contributed by atoms with Gasteiger partial charge in [0.05, 0.1) is 0 Å². The Kier molecular flexibility index (Phi) is 9.07. The highest BCUT2D eigenvalue weighted by Crippen LogP contribution is 2.37. The molecule has 0 nitrogen and oxygen atoms in total. The maximum absolute atomic E-state index is 13.4. The van der Waals surface area contributed by atoms with E-state index in [4.69, 9.17) is 0 Å². The second-order valence-electron chi connectivity index (χ2n) is 6.46. The van der Waals surface area contributed by atoms with E-state index in [1.807, 2.05) is 0 Å². The molecule has 0 fully saturated rings. The van der Waals surface area contributed by atoms with Crippen LogP contribution in [0.3, 0.4) is 0 Å². The van der Waals surface area contributed by atoms with E-state index in [-0.39, 0.29) is 49.7 Å². The van der Waals surface area contributed by atoms with Crippen LogP contribution < -0.4 is 0 Å². The van der Waals surface area contributed by atoms with E-state index < -0.39 is 49.2 Å². The number of halogens is 10. The average Bonchev–Trinajstić information content (AvgIpc) is 2.53. The van der Waals surface area contributed by atoms with E-state index in [9.17, 15) is 43.9 Å². The van der Waals surface area contributed by atoms with E-state index in [1.54, 1.807) is 0 Å². The molecule has 0 radical (unpaired) electrons. The summed E-state index contributed by atoms with van der Waals surface area (Å²) in [6.45, 7) is 0. The van der Waals surface area contributed by atoms with E-state index in [2.05, 4.69) is 0 Å². The van der Waals surface area contributed by atoms with Gasteiger partial charge in [-0.05, 0) is 49.7 Å². The van der Waals surface area contributed by atoms with Crippen LogP contribution in [0.4, 0.5) is 43.9 Å². The van der Waals surface area contributed by atoms with Gasteiger partial charge in [0.2, 0.25) is 0 Å². The summed E-state index contributed by atoms with van der Waals surface area (Å²) in [5.41, 5.74) is -2.16. The molecule has 1 rings (SSSR count).